The fourth-order valence-electron chi connectivity index (χ4n) is 2.55. The molecule has 2 aliphatic rings. The Morgan fingerprint density at radius 2 is 1.95 bits per heavy atom. The molecule has 0 N–H and O–H groups in total. The van der Waals surface area contributed by atoms with E-state index in [-0.39, 0.29) is 5.91 Å². The van der Waals surface area contributed by atoms with Gasteiger partial charge in [0.2, 0.25) is 12.7 Å². The van der Waals surface area contributed by atoms with Crippen LogP contribution in [-0.4, -0.2) is 48.7 Å². The normalized spacial score (nSPS) is 18.1. The number of nitrogens with zero attached hydrogens (tertiary/aromatic N) is 2. The number of ether oxygens (including phenoxy) is 2. The van der Waals surface area contributed by atoms with E-state index in [1.807, 2.05) is 17.0 Å². The fourth-order valence-corrected chi connectivity index (χ4v) is 2.55. The molecule has 3 rings (SSSR count). The summed E-state index contributed by atoms with van der Waals surface area (Å²) in [5, 5.41) is 0. The predicted octanol–water partition coefficient (Wildman–Crippen LogP) is 1.25. The first kappa shape index (κ1) is 13.0. The molecule has 0 atom stereocenters. The Morgan fingerprint density at radius 1 is 1.20 bits per heavy atom. The van der Waals surface area contributed by atoms with E-state index >= 15 is 0 Å². The van der Waals surface area contributed by atoms with Crippen LogP contribution >= 0.6 is 0 Å². The zero-order chi connectivity index (χ0) is 13.9. The zero-order valence-electron chi connectivity index (χ0n) is 11.4. The minimum atomic E-state index is 0.0210. The molecule has 1 fully saturated rings. The molecule has 5 heteroatoms. The molecule has 2 heterocycles. The van der Waals surface area contributed by atoms with Gasteiger partial charge < -0.3 is 14.4 Å². The van der Waals surface area contributed by atoms with E-state index in [0.29, 0.717) is 6.79 Å². The van der Waals surface area contributed by atoms with Crippen molar-refractivity contribution >= 4 is 5.91 Å². The van der Waals surface area contributed by atoms with Crippen molar-refractivity contribution in [3.63, 3.8) is 0 Å². The van der Waals surface area contributed by atoms with Gasteiger partial charge in [-0.15, -0.1) is 0 Å². The first-order valence-corrected chi connectivity index (χ1v) is 6.78. The second-order valence-corrected chi connectivity index (χ2v) is 4.99. The van der Waals surface area contributed by atoms with E-state index in [1.165, 1.54) is 11.6 Å². The highest BCUT2D eigenvalue weighted by atomic mass is 16.7. The minimum absolute atomic E-state index is 0.0210. The maximum absolute atomic E-state index is 11.5. The van der Waals surface area contributed by atoms with Crippen molar-refractivity contribution in [2.24, 2.45) is 0 Å². The zero-order valence-corrected chi connectivity index (χ0v) is 11.4. The topological polar surface area (TPSA) is 42.0 Å². The van der Waals surface area contributed by atoms with Crippen LogP contribution in [0.1, 0.15) is 5.56 Å². The molecule has 0 saturated carbocycles. The first-order chi connectivity index (χ1) is 9.76. The van der Waals surface area contributed by atoms with Crippen molar-refractivity contribution in [3.8, 4) is 11.5 Å². The quantitative estimate of drug-likeness (QED) is 0.778. The van der Waals surface area contributed by atoms with Gasteiger partial charge in [0.25, 0.3) is 0 Å². The minimum Gasteiger partial charge on any atom is -0.454 e. The number of piperazine rings is 1. The molecule has 1 amide bonds. The van der Waals surface area contributed by atoms with Crippen molar-refractivity contribution in [1.82, 2.24) is 9.80 Å². The average molecular weight is 274 g/mol. The highest BCUT2D eigenvalue weighted by Gasteiger charge is 2.20. The standard InChI is InChI=1S/C15H18N2O3/c1-2-15(18)17-7-5-16(6-8-17)10-12-3-4-13-14(9-12)20-11-19-13/h2-4,9H,1,5-8,10-11H2. The fraction of sp³-hybridized carbons (Fsp3) is 0.400. The summed E-state index contributed by atoms with van der Waals surface area (Å²) in [5.74, 6) is 1.66. The number of carbonyl (C=O) groups is 1. The largest absolute Gasteiger partial charge is 0.454 e. The molecule has 106 valence electrons. The third-order valence-electron chi connectivity index (χ3n) is 3.70. The van der Waals surface area contributed by atoms with Gasteiger partial charge in [-0.3, -0.25) is 9.69 Å². The molecule has 0 spiro atoms. The van der Waals surface area contributed by atoms with Crippen LogP contribution in [-0.2, 0) is 11.3 Å². The molecule has 20 heavy (non-hydrogen) atoms. The van der Waals surface area contributed by atoms with Crippen LogP contribution in [0.2, 0.25) is 0 Å². The van der Waals surface area contributed by atoms with Gasteiger partial charge >= 0.3 is 0 Å². The highest BCUT2D eigenvalue weighted by molar-refractivity contribution is 5.87. The second-order valence-electron chi connectivity index (χ2n) is 4.99. The third-order valence-corrected chi connectivity index (χ3v) is 3.70. The van der Waals surface area contributed by atoms with Crippen LogP contribution in [0.4, 0.5) is 0 Å². The SMILES string of the molecule is C=CC(=O)N1CCN(Cc2ccc3c(c2)OCO3)CC1. The molecule has 1 aromatic carbocycles. The predicted molar refractivity (Wildman–Crippen MR) is 74.6 cm³/mol. The van der Waals surface area contributed by atoms with Gasteiger partial charge in [-0.25, -0.2) is 0 Å². The van der Waals surface area contributed by atoms with Gasteiger partial charge in [0, 0.05) is 32.7 Å². The van der Waals surface area contributed by atoms with Gasteiger partial charge in [-0.1, -0.05) is 12.6 Å². The molecule has 1 saturated heterocycles. The number of hydrogen-bond donors (Lipinski definition) is 0. The van der Waals surface area contributed by atoms with Crippen molar-refractivity contribution < 1.29 is 14.3 Å². The Balaban J connectivity index is 1.57. The summed E-state index contributed by atoms with van der Waals surface area (Å²) in [6.45, 7) is 7.98. The number of fused-ring (bicyclic) bond motifs is 1. The van der Waals surface area contributed by atoms with Crippen LogP contribution in [0.3, 0.4) is 0 Å². The average Bonchev–Trinajstić information content (AvgIpc) is 2.95. The molecular formula is C15H18N2O3. The number of hydrogen-bond acceptors (Lipinski definition) is 4. The summed E-state index contributed by atoms with van der Waals surface area (Å²) in [7, 11) is 0. The van der Waals surface area contributed by atoms with E-state index < -0.39 is 0 Å². The molecule has 1 aromatic rings. The maximum atomic E-state index is 11.5. The Hall–Kier alpha value is -2.01. The lowest BCUT2D eigenvalue weighted by molar-refractivity contribution is -0.127. The van der Waals surface area contributed by atoms with Crippen molar-refractivity contribution in [2.75, 3.05) is 33.0 Å². The highest BCUT2D eigenvalue weighted by Crippen LogP contribution is 2.32. The summed E-state index contributed by atoms with van der Waals surface area (Å²) in [5.41, 5.74) is 1.21. The van der Waals surface area contributed by atoms with Crippen LogP contribution in [0, 0.1) is 0 Å². The number of amides is 1. The molecule has 5 nitrogen and oxygen atoms in total. The lowest BCUT2D eigenvalue weighted by Crippen LogP contribution is -2.47. The maximum Gasteiger partial charge on any atom is 0.246 e. The first-order valence-electron chi connectivity index (χ1n) is 6.78. The van der Waals surface area contributed by atoms with Gasteiger partial charge in [0.1, 0.15) is 0 Å². The molecule has 0 aromatic heterocycles. The molecular weight excluding hydrogens is 256 g/mol. The summed E-state index contributed by atoms with van der Waals surface area (Å²) in [6, 6.07) is 6.05. The number of benzene rings is 1. The van der Waals surface area contributed by atoms with E-state index in [0.717, 1.165) is 44.2 Å². The summed E-state index contributed by atoms with van der Waals surface area (Å²) in [6.07, 6.45) is 1.38. The van der Waals surface area contributed by atoms with Crippen molar-refractivity contribution in [3.05, 3.63) is 36.4 Å². The van der Waals surface area contributed by atoms with Crippen LogP contribution in [0.25, 0.3) is 0 Å². The van der Waals surface area contributed by atoms with E-state index in [1.54, 1.807) is 0 Å². The van der Waals surface area contributed by atoms with Crippen molar-refractivity contribution in [2.45, 2.75) is 6.54 Å². The van der Waals surface area contributed by atoms with Crippen LogP contribution in [0.15, 0.2) is 30.9 Å². The lowest BCUT2D eigenvalue weighted by Gasteiger charge is -2.34. The summed E-state index contributed by atoms with van der Waals surface area (Å²) < 4.78 is 10.7. The van der Waals surface area contributed by atoms with Crippen molar-refractivity contribution in [1.29, 1.82) is 0 Å². The third kappa shape index (κ3) is 2.63. The Labute approximate surface area is 118 Å². The van der Waals surface area contributed by atoms with E-state index in [9.17, 15) is 4.79 Å². The number of carbonyl (C=O) groups excluding carboxylic acids is 1. The van der Waals surface area contributed by atoms with Crippen LogP contribution in [0.5, 0.6) is 11.5 Å². The summed E-state index contributed by atoms with van der Waals surface area (Å²) in [4.78, 5) is 15.7. The Bertz CT molecular complexity index is 522. The van der Waals surface area contributed by atoms with Gasteiger partial charge in [-0.05, 0) is 23.8 Å². The Morgan fingerprint density at radius 3 is 2.70 bits per heavy atom. The van der Waals surface area contributed by atoms with Gasteiger partial charge in [0.05, 0.1) is 0 Å². The van der Waals surface area contributed by atoms with E-state index in [2.05, 4.69) is 17.5 Å². The van der Waals surface area contributed by atoms with Gasteiger partial charge in [-0.2, -0.15) is 0 Å². The molecule has 0 unspecified atom stereocenters. The Kier molecular flexibility index (Phi) is 3.60. The lowest BCUT2D eigenvalue weighted by atomic mass is 10.1. The smallest absolute Gasteiger partial charge is 0.246 e. The number of rotatable bonds is 3. The van der Waals surface area contributed by atoms with E-state index in [4.69, 9.17) is 9.47 Å². The molecule has 0 bridgehead atoms. The second kappa shape index (κ2) is 5.54. The monoisotopic (exact) mass is 274 g/mol. The van der Waals surface area contributed by atoms with Crippen LogP contribution < -0.4 is 9.47 Å². The molecule has 0 aliphatic carbocycles. The molecule has 2 aliphatic heterocycles. The van der Waals surface area contributed by atoms with Gasteiger partial charge in [0.15, 0.2) is 11.5 Å². The summed E-state index contributed by atoms with van der Waals surface area (Å²) >= 11 is 0. The molecule has 0 radical (unpaired) electrons.